The summed E-state index contributed by atoms with van der Waals surface area (Å²) in [6, 6.07) is 3.89. The van der Waals surface area contributed by atoms with Crippen molar-refractivity contribution < 1.29 is 14.0 Å². The fourth-order valence-electron chi connectivity index (χ4n) is 4.19. The summed E-state index contributed by atoms with van der Waals surface area (Å²) in [4.78, 5) is 29.6. The van der Waals surface area contributed by atoms with Gasteiger partial charge in [-0.3, -0.25) is 14.5 Å². The number of amides is 2. The molecule has 6 nitrogen and oxygen atoms in total. The van der Waals surface area contributed by atoms with Crippen LogP contribution in [0.1, 0.15) is 50.7 Å². The van der Waals surface area contributed by atoms with Crippen LogP contribution in [0.15, 0.2) is 22.8 Å². The molecule has 1 saturated carbocycles. The van der Waals surface area contributed by atoms with Crippen molar-refractivity contribution in [3.05, 3.63) is 24.2 Å². The number of furan rings is 1. The quantitative estimate of drug-likeness (QED) is 0.875. The maximum absolute atomic E-state index is 12.8. The lowest BCUT2D eigenvalue weighted by molar-refractivity contribution is -0.143. The molecule has 1 aliphatic carbocycles. The standard InChI is InChI=1S/C20H29N3O3/c24-19(18-5-1-2-10-23(18)20(25)15-6-7-15)21-16-8-11-22(12-9-16)14-17-4-3-13-26-17/h3-4,13,15-16,18H,1-2,5-12,14H2,(H,21,24)/t18-/m0/s1. The minimum atomic E-state index is -0.252. The van der Waals surface area contributed by atoms with Gasteiger partial charge in [0.15, 0.2) is 0 Å². The predicted molar refractivity (Wildman–Crippen MR) is 97.2 cm³/mol. The van der Waals surface area contributed by atoms with Crippen LogP contribution in [0.3, 0.4) is 0 Å². The number of rotatable bonds is 5. The van der Waals surface area contributed by atoms with Crippen molar-refractivity contribution in [2.75, 3.05) is 19.6 Å². The van der Waals surface area contributed by atoms with E-state index in [1.54, 1.807) is 6.26 Å². The minimum Gasteiger partial charge on any atom is -0.468 e. The van der Waals surface area contributed by atoms with Crippen molar-refractivity contribution in [3.63, 3.8) is 0 Å². The molecule has 3 aliphatic rings. The Morgan fingerprint density at radius 3 is 2.58 bits per heavy atom. The third kappa shape index (κ3) is 4.11. The van der Waals surface area contributed by atoms with Gasteiger partial charge in [-0.25, -0.2) is 0 Å². The smallest absolute Gasteiger partial charge is 0.243 e. The van der Waals surface area contributed by atoms with Gasteiger partial charge in [0.1, 0.15) is 11.8 Å². The Morgan fingerprint density at radius 1 is 1.08 bits per heavy atom. The topological polar surface area (TPSA) is 65.8 Å². The molecular formula is C20H29N3O3. The van der Waals surface area contributed by atoms with E-state index in [1.807, 2.05) is 17.0 Å². The van der Waals surface area contributed by atoms with Crippen LogP contribution in [0.25, 0.3) is 0 Å². The summed E-state index contributed by atoms with van der Waals surface area (Å²) in [5.74, 6) is 1.44. The van der Waals surface area contributed by atoms with Crippen molar-refractivity contribution in [3.8, 4) is 0 Å². The Balaban J connectivity index is 1.27. The number of carbonyl (C=O) groups excluding carboxylic acids is 2. The Bertz CT molecular complexity index is 618. The van der Waals surface area contributed by atoms with Crippen LogP contribution < -0.4 is 5.32 Å². The monoisotopic (exact) mass is 359 g/mol. The highest BCUT2D eigenvalue weighted by molar-refractivity contribution is 5.89. The molecule has 1 aromatic heterocycles. The van der Waals surface area contributed by atoms with Gasteiger partial charge in [0, 0.05) is 31.6 Å². The third-order valence-corrected chi connectivity index (χ3v) is 5.91. The molecular weight excluding hydrogens is 330 g/mol. The summed E-state index contributed by atoms with van der Waals surface area (Å²) in [5, 5.41) is 3.23. The highest BCUT2D eigenvalue weighted by Crippen LogP contribution is 2.33. The first-order valence-electron chi connectivity index (χ1n) is 10.1. The van der Waals surface area contributed by atoms with E-state index in [2.05, 4.69) is 10.2 Å². The van der Waals surface area contributed by atoms with E-state index in [0.29, 0.717) is 0 Å². The number of piperidine rings is 2. The molecule has 4 rings (SSSR count). The van der Waals surface area contributed by atoms with Crippen LogP contribution in [0.5, 0.6) is 0 Å². The summed E-state index contributed by atoms with van der Waals surface area (Å²) in [6.45, 7) is 3.50. The second kappa shape index (κ2) is 7.82. The van der Waals surface area contributed by atoms with Gasteiger partial charge >= 0.3 is 0 Å². The second-order valence-corrected chi connectivity index (χ2v) is 7.96. The van der Waals surface area contributed by atoms with E-state index < -0.39 is 0 Å². The molecule has 1 aromatic rings. The van der Waals surface area contributed by atoms with Gasteiger partial charge in [0.2, 0.25) is 11.8 Å². The Kier molecular flexibility index (Phi) is 5.29. The Morgan fingerprint density at radius 2 is 1.88 bits per heavy atom. The molecule has 2 saturated heterocycles. The van der Waals surface area contributed by atoms with Crippen LogP contribution in [0, 0.1) is 5.92 Å². The van der Waals surface area contributed by atoms with E-state index in [4.69, 9.17) is 4.42 Å². The first kappa shape index (κ1) is 17.6. The number of likely N-dealkylation sites (tertiary alicyclic amines) is 2. The summed E-state index contributed by atoms with van der Waals surface area (Å²) in [6.07, 6.45) is 8.48. The maximum atomic E-state index is 12.8. The molecule has 142 valence electrons. The van der Waals surface area contributed by atoms with E-state index in [9.17, 15) is 9.59 Å². The number of nitrogens with one attached hydrogen (secondary N) is 1. The average molecular weight is 359 g/mol. The van der Waals surface area contributed by atoms with E-state index in [0.717, 1.165) is 76.9 Å². The summed E-state index contributed by atoms with van der Waals surface area (Å²) < 4.78 is 5.42. The van der Waals surface area contributed by atoms with Gasteiger partial charge in [0.25, 0.3) is 0 Å². The van der Waals surface area contributed by atoms with Crippen LogP contribution in [-0.4, -0.2) is 53.3 Å². The fourth-order valence-corrected chi connectivity index (χ4v) is 4.19. The van der Waals surface area contributed by atoms with Crippen molar-refractivity contribution in [2.24, 2.45) is 5.92 Å². The molecule has 2 amide bonds. The molecule has 0 aromatic carbocycles. The van der Waals surface area contributed by atoms with Crippen molar-refractivity contribution in [1.29, 1.82) is 0 Å². The van der Waals surface area contributed by atoms with Crippen LogP contribution in [0.2, 0.25) is 0 Å². The van der Waals surface area contributed by atoms with E-state index in [1.165, 1.54) is 0 Å². The molecule has 1 N–H and O–H groups in total. The third-order valence-electron chi connectivity index (χ3n) is 5.91. The largest absolute Gasteiger partial charge is 0.468 e. The second-order valence-electron chi connectivity index (χ2n) is 7.96. The van der Waals surface area contributed by atoms with E-state index >= 15 is 0 Å². The lowest BCUT2D eigenvalue weighted by Gasteiger charge is -2.37. The van der Waals surface area contributed by atoms with Gasteiger partial charge in [-0.1, -0.05) is 0 Å². The zero-order valence-corrected chi connectivity index (χ0v) is 15.4. The van der Waals surface area contributed by atoms with Gasteiger partial charge in [-0.05, 0) is 57.1 Å². The molecule has 6 heteroatoms. The normalized spacial score (nSPS) is 25.2. The first-order chi connectivity index (χ1) is 12.7. The van der Waals surface area contributed by atoms with Crippen LogP contribution >= 0.6 is 0 Å². The number of hydrogen-bond acceptors (Lipinski definition) is 4. The van der Waals surface area contributed by atoms with Gasteiger partial charge in [-0.2, -0.15) is 0 Å². The van der Waals surface area contributed by atoms with Gasteiger partial charge in [0.05, 0.1) is 12.8 Å². The molecule has 0 radical (unpaired) electrons. The molecule has 3 heterocycles. The van der Waals surface area contributed by atoms with Crippen molar-refractivity contribution in [2.45, 2.75) is 63.6 Å². The number of nitrogens with zero attached hydrogens (tertiary/aromatic N) is 2. The van der Waals surface area contributed by atoms with E-state index in [-0.39, 0.29) is 29.8 Å². The Hall–Kier alpha value is -1.82. The van der Waals surface area contributed by atoms with Crippen molar-refractivity contribution in [1.82, 2.24) is 15.1 Å². The minimum absolute atomic E-state index is 0.0585. The summed E-state index contributed by atoms with van der Waals surface area (Å²) >= 11 is 0. The highest BCUT2D eigenvalue weighted by Gasteiger charge is 2.40. The molecule has 2 aliphatic heterocycles. The molecule has 0 bridgehead atoms. The van der Waals surface area contributed by atoms with Crippen molar-refractivity contribution >= 4 is 11.8 Å². The molecule has 3 fully saturated rings. The van der Waals surface area contributed by atoms with Gasteiger partial charge < -0.3 is 14.6 Å². The number of carbonyl (C=O) groups is 2. The summed E-state index contributed by atoms with van der Waals surface area (Å²) in [7, 11) is 0. The average Bonchev–Trinajstić information content (AvgIpc) is 3.40. The Labute approximate surface area is 154 Å². The lowest BCUT2D eigenvalue weighted by Crippen LogP contribution is -2.55. The fraction of sp³-hybridized carbons (Fsp3) is 0.700. The van der Waals surface area contributed by atoms with Crippen LogP contribution in [-0.2, 0) is 16.1 Å². The zero-order valence-electron chi connectivity index (χ0n) is 15.4. The maximum Gasteiger partial charge on any atom is 0.243 e. The highest BCUT2D eigenvalue weighted by atomic mass is 16.3. The van der Waals surface area contributed by atoms with Gasteiger partial charge in [-0.15, -0.1) is 0 Å². The molecule has 1 atom stereocenters. The SMILES string of the molecule is O=C(NC1CCN(Cc2ccco2)CC1)[C@@H]1CCCCN1C(=O)C1CC1. The number of hydrogen-bond donors (Lipinski definition) is 1. The van der Waals surface area contributed by atoms with Crippen LogP contribution in [0.4, 0.5) is 0 Å². The molecule has 0 spiro atoms. The summed E-state index contributed by atoms with van der Waals surface area (Å²) in [5.41, 5.74) is 0. The molecule has 26 heavy (non-hydrogen) atoms. The predicted octanol–water partition coefficient (Wildman–Crippen LogP) is 2.15. The lowest BCUT2D eigenvalue weighted by atomic mass is 9.99. The zero-order chi connectivity index (χ0) is 17.9. The first-order valence-corrected chi connectivity index (χ1v) is 10.1. The molecule has 0 unspecified atom stereocenters.